The molecule has 1 unspecified atom stereocenters. The molecule has 0 aliphatic carbocycles. The Labute approximate surface area is 119 Å². The second-order valence-electron chi connectivity index (χ2n) is 4.47. The zero-order valence-corrected chi connectivity index (χ0v) is 11.9. The van der Waals surface area contributed by atoms with Crippen molar-refractivity contribution in [2.45, 2.75) is 19.4 Å². The quantitative estimate of drug-likeness (QED) is 0.794. The minimum atomic E-state index is -0.851. The molecular weight excluding hydrogens is 284 g/mol. The Morgan fingerprint density at radius 2 is 2.35 bits per heavy atom. The van der Waals surface area contributed by atoms with E-state index in [0.29, 0.717) is 12.4 Å². The highest BCUT2D eigenvalue weighted by molar-refractivity contribution is 7.99. The van der Waals surface area contributed by atoms with Gasteiger partial charge in [0.25, 0.3) is 0 Å². The van der Waals surface area contributed by atoms with Crippen molar-refractivity contribution in [3.05, 3.63) is 5.89 Å². The maximum absolute atomic E-state index is 11.9. The van der Waals surface area contributed by atoms with Crippen LogP contribution in [0.1, 0.15) is 12.3 Å². The Kier molecular flexibility index (Phi) is 4.96. The van der Waals surface area contributed by atoms with Gasteiger partial charge in [-0.05, 0) is 0 Å². The Balaban J connectivity index is 1.89. The number of carboxylic acids is 1. The summed E-state index contributed by atoms with van der Waals surface area (Å²) in [7, 11) is 0. The number of rotatable bonds is 5. The Morgan fingerprint density at radius 3 is 3.00 bits per heavy atom. The molecule has 2 N–H and O–H groups in total. The Bertz CT molecular complexity index is 493. The zero-order valence-electron chi connectivity index (χ0n) is 11.0. The normalized spacial score (nSPS) is 19.8. The number of nitrogens with one attached hydrogen (secondary N) is 1. The smallest absolute Gasteiger partial charge is 0.322 e. The van der Waals surface area contributed by atoms with Crippen LogP contribution in [0.25, 0.3) is 0 Å². The molecule has 1 aliphatic rings. The van der Waals surface area contributed by atoms with E-state index in [2.05, 4.69) is 15.5 Å². The van der Waals surface area contributed by atoms with Crippen LogP contribution >= 0.6 is 11.8 Å². The number of amides is 1. The van der Waals surface area contributed by atoms with E-state index in [4.69, 9.17) is 9.52 Å². The summed E-state index contributed by atoms with van der Waals surface area (Å²) in [5.74, 6) is 0.854. The van der Waals surface area contributed by atoms with E-state index in [-0.39, 0.29) is 30.9 Å². The highest BCUT2D eigenvalue weighted by Crippen LogP contribution is 2.18. The number of anilines is 1. The summed E-state index contributed by atoms with van der Waals surface area (Å²) in [6.45, 7) is 2.45. The number of carbonyl (C=O) groups is 2. The monoisotopic (exact) mass is 300 g/mol. The fraction of sp³-hybridized carbons (Fsp3) is 0.636. The van der Waals surface area contributed by atoms with Crippen molar-refractivity contribution in [3.63, 3.8) is 0 Å². The molecule has 2 rings (SSSR count). The highest BCUT2D eigenvalue weighted by Gasteiger charge is 2.26. The first kappa shape index (κ1) is 14.8. The second kappa shape index (κ2) is 6.71. The number of aryl methyl sites for hydroxylation is 1. The van der Waals surface area contributed by atoms with Gasteiger partial charge < -0.3 is 9.52 Å². The number of carbonyl (C=O) groups excluding carboxylic acids is 1. The van der Waals surface area contributed by atoms with E-state index in [1.807, 2.05) is 4.90 Å². The van der Waals surface area contributed by atoms with Crippen molar-refractivity contribution in [1.82, 2.24) is 15.1 Å². The summed E-state index contributed by atoms with van der Waals surface area (Å²) in [4.78, 5) is 24.6. The Morgan fingerprint density at radius 1 is 1.55 bits per heavy atom. The molecule has 20 heavy (non-hydrogen) atoms. The van der Waals surface area contributed by atoms with E-state index < -0.39 is 5.97 Å². The molecule has 0 spiro atoms. The number of aliphatic carboxylic acids is 1. The number of aromatic nitrogens is 2. The van der Waals surface area contributed by atoms with Crippen molar-refractivity contribution in [2.75, 3.05) is 29.9 Å². The lowest BCUT2D eigenvalue weighted by Gasteiger charge is -2.33. The molecule has 1 atom stereocenters. The Hall–Kier alpha value is -1.61. The van der Waals surface area contributed by atoms with E-state index >= 15 is 0 Å². The van der Waals surface area contributed by atoms with Crippen molar-refractivity contribution < 1.29 is 19.1 Å². The number of carboxylic acid groups (broad SMARTS) is 1. The average molecular weight is 300 g/mol. The molecule has 1 fully saturated rings. The molecule has 0 aromatic carbocycles. The van der Waals surface area contributed by atoms with Gasteiger partial charge in [-0.15, -0.1) is 5.10 Å². The lowest BCUT2D eigenvalue weighted by Crippen LogP contribution is -2.47. The van der Waals surface area contributed by atoms with Crippen LogP contribution in [0.5, 0.6) is 0 Å². The summed E-state index contributed by atoms with van der Waals surface area (Å²) in [5, 5.41) is 18.7. The summed E-state index contributed by atoms with van der Waals surface area (Å²) in [5.41, 5.74) is 0. The van der Waals surface area contributed by atoms with Gasteiger partial charge in [0, 0.05) is 31.0 Å². The lowest BCUT2D eigenvalue weighted by atomic mass is 10.2. The molecule has 1 aromatic heterocycles. The maximum atomic E-state index is 11.9. The predicted octanol–water partition coefficient (Wildman–Crippen LogP) is 0.209. The molecule has 1 aromatic rings. The van der Waals surface area contributed by atoms with Crippen LogP contribution in [0, 0.1) is 6.92 Å². The first-order chi connectivity index (χ1) is 9.54. The molecule has 1 aliphatic heterocycles. The van der Waals surface area contributed by atoms with Crippen molar-refractivity contribution in [2.24, 2.45) is 0 Å². The molecule has 1 amide bonds. The number of hydrogen-bond acceptors (Lipinski definition) is 7. The van der Waals surface area contributed by atoms with Gasteiger partial charge in [0.15, 0.2) is 0 Å². The first-order valence-electron chi connectivity index (χ1n) is 6.18. The second-order valence-corrected chi connectivity index (χ2v) is 5.62. The molecule has 9 heteroatoms. The third kappa shape index (κ3) is 4.20. The van der Waals surface area contributed by atoms with Gasteiger partial charge in [0.1, 0.15) is 0 Å². The van der Waals surface area contributed by atoms with Crippen molar-refractivity contribution in [3.8, 4) is 0 Å². The minimum Gasteiger partial charge on any atom is -0.481 e. The average Bonchev–Trinajstić information content (AvgIpc) is 2.76. The van der Waals surface area contributed by atoms with Crippen LogP contribution in [-0.2, 0) is 9.59 Å². The summed E-state index contributed by atoms with van der Waals surface area (Å²) >= 11 is 1.71. The van der Waals surface area contributed by atoms with Gasteiger partial charge in [0.05, 0.1) is 13.0 Å². The molecule has 0 saturated carbocycles. The van der Waals surface area contributed by atoms with Gasteiger partial charge in [-0.25, -0.2) is 0 Å². The number of nitrogens with zero attached hydrogens (tertiary/aromatic N) is 3. The van der Waals surface area contributed by atoms with E-state index in [1.165, 1.54) is 0 Å². The van der Waals surface area contributed by atoms with Crippen LogP contribution in [-0.4, -0.2) is 62.7 Å². The van der Waals surface area contributed by atoms with Crippen LogP contribution in [0.2, 0.25) is 0 Å². The van der Waals surface area contributed by atoms with E-state index in [9.17, 15) is 9.59 Å². The molecule has 8 nitrogen and oxygen atoms in total. The molecule has 110 valence electrons. The van der Waals surface area contributed by atoms with E-state index in [0.717, 1.165) is 11.5 Å². The molecule has 0 bridgehead atoms. The van der Waals surface area contributed by atoms with Crippen LogP contribution in [0.3, 0.4) is 0 Å². The molecule has 0 radical (unpaired) electrons. The first-order valence-corrected chi connectivity index (χ1v) is 7.33. The van der Waals surface area contributed by atoms with Crippen LogP contribution in [0.4, 0.5) is 6.01 Å². The molecule has 2 heterocycles. The molecule has 1 saturated heterocycles. The lowest BCUT2D eigenvalue weighted by molar-refractivity contribution is -0.138. The minimum absolute atomic E-state index is 0.0416. The highest BCUT2D eigenvalue weighted by atomic mass is 32.2. The van der Waals surface area contributed by atoms with Gasteiger partial charge in [-0.1, -0.05) is 5.10 Å². The standard InChI is InChI=1S/C11H16N4O4S/c1-7-13-14-11(19-7)12-9(16)5-15-2-3-20-6-8(15)4-10(17)18/h8H,2-6H2,1H3,(H,17,18)(H,12,14,16). The summed E-state index contributed by atoms with van der Waals surface area (Å²) in [6, 6.07) is -0.0601. The third-order valence-corrected chi connectivity index (χ3v) is 3.97. The fourth-order valence-corrected chi connectivity index (χ4v) is 3.11. The van der Waals surface area contributed by atoms with Gasteiger partial charge in [0.2, 0.25) is 11.8 Å². The number of thioether (sulfide) groups is 1. The topological polar surface area (TPSA) is 109 Å². The van der Waals surface area contributed by atoms with Crippen LogP contribution in [0.15, 0.2) is 4.42 Å². The summed E-state index contributed by atoms with van der Waals surface area (Å²) < 4.78 is 5.06. The van der Waals surface area contributed by atoms with Crippen molar-refractivity contribution >= 4 is 29.7 Å². The number of hydrogen-bond donors (Lipinski definition) is 2. The summed E-state index contributed by atoms with van der Waals surface area (Å²) in [6.07, 6.45) is 0.0416. The SMILES string of the molecule is Cc1nnc(NC(=O)CN2CCSCC2CC(=O)O)o1. The zero-order chi connectivity index (χ0) is 14.5. The van der Waals surface area contributed by atoms with Gasteiger partial charge >= 0.3 is 12.0 Å². The van der Waals surface area contributed by atoms with Crippen LogP contribution < -0.4 is 5.32 Å². The van der Waals surface area contributed by atoms with Gasteiger partial charge in [-0.3, -0.25) is 19.8 Å². The largest absolute Gasteiger partial charge is 0.481 e. The maximum Gasteiger partial charge on any atom is 0.322 e. The molecular formula is C11H16N4O4S. The van der Waals surface area contributed by atoms with Crippen molar-refractivity contribution in [1.29, 1.82) is 0 Å². The van der Waals surface area contributed by atoms with E-state index in [1.54, 1.807) is 18.7 Å². The third-order valence-electron chi connectivity index (χ3n) is 2.88. The fourth-order valence-electron chi connectivity index (χ4n) is 1.98. The predicted molar refractivity (Wildman–Crippen MR) is 72.6 cm³/mol. The van der Waals surface area contributed by atoms with Gasteiger partial charge in [-0.2, -0.15) is 11.8 Å².